The molecule has 0 saturated heterocycles. The van der Waals surface area contributed by atoms with Crippen LogP contribution in [0.2, 0.25) is 5.02 Å². The van der Waals surface area contributed by atoms with E-state index in [0.29, 0.717) is 11.7 Å². The molecule has 2 aromatic rings. The van der Waals surface area contributed by atoms with Crippen LogP contribution in [0.15, 0.2) is 41.5 Å². The van der Waals surface area contributed by atoms with Gasteiger partial charge in [0.15, 0.2) is 0 Å². The van der Waals surface area contributed by atoms with Crippen LogP contribution in [0.3, 0.4) is 0 Å². The second kappa shape index (κ2) is 6.92. The van der Waals surface area contributed by atoms with Crippen LogP contribution < -0.4 is 0 Å². The number of hydrogen-bond acceptors (Lipinski definition) is 2. The van der Waals surface area contributed by atoms with Crippen molar-refractivity contribution >= 4 is 34.1 Å². The zero-order valence-corrected chi connectivity index (χ0v) is 13.8. The van der Waals surface area contributed by atoms with Gasteiger partial charge >= 0.3 is 0 Å². The van der Waals surface area contributed by atoms with Crippen LogP contribution in [0.25, 0.3) is 5.16 Å². The van der Waals surface area contributed by atoms with E-state index in [2.05, 4.69) is 10.1 Å². The van der Waals surface area contributed by atoms with Crippen LogP contribution in [0, 0.1) is 6.92 Å². The Bertz CT molecular complexity index is 699. The Morgan fingerprint density at radius 3 is 2.67 bits per heavy atom. The van der Waals surface area contributed by atoms with E-state index in [1.165, 1.54) is 0 Å². The van der Waals surface area contributed by atoms with Gasteiger partial charge < -0.3 is 0 Å². The summed E-state index contributed by atoms with van der Waals surface area (Å²) in [6.07, 6.45) is 3.54. The third-order valence-corrected chi connectivity index (χ3v) is 3.81. The highest BCUT2D eigenvalue weighted by Crippen LogP contribution is 2.24. The van der Waals surface area contributed by atoms with Crippen molar-refractivity contribution in [1.29, 1.82) is 0 Å². The molecule has 0 bridgehead atoms. The lowest BCUT2D eigenvalue weighted by Crippen LogP contribution is -2.01. The Morgan fingerprint density at radius 1 is 1.14 bits per heavy atom. The normalized spacial score (nSPS) is 13.4. The van der Waals surface area contributed by atoms with E-state index < -0.39 is 0 Å². The van der Waals surface area contributed by atoms with Crippen molar-refractivity contribution in [3.63, 3.8) is 0 Å². The molecular weight excluding hydrogens is 305 g/mol. The number of aliphatic imine (C=N–C) groups is 1. The molecule has 5 heteroatoms. The van der Waals surface area contributed by atoms with Crippen LogP contribution in [0.4, 0.5) is 0 Å². The zero-order valence-electron chi connectivity index (χ0n) is 12.3. The summed E-state index contributed by atoms with van der Waals surface area (Å²) in [6, 6.07) is 7.69. The molecule has 3 rings (SSSR count). The second-order valence-electron chi connectivity index (χ2n) is 4.32. The third-order valence-electron chi connectivity index (χ3n) is 3.13. The lowest BCUT2D eigenvalue weighted by atomic mass is 10.0. The van der Waals surface area contributed by atoms with Gasteiger partial charge in [-0.15, -0.1) is 0 Å². The van der Waals surface area contributed by atoms with Gasteiger partial charge in [0.05, 0.1) is 18.0 Å². The maximum absolute atomic E-state index is 6.28. The van der Waals surface area contributed by atoms with Gasteiger partial charge in [0.25, 0.3) is 0 Å². The summed E-state index contributed by atoms with van der Waals surface area (Å²) in [5.41, 5.74) is 3.80. The Hall–Kier alpha value is -1.58. The van der Waals surface area contributed by atoms with Crippen LogP contribution in [-0.4, -0.2) is 15.5 Å². The summed E-state index contributed by atoms with van der Waals surface area (Å²) in [5, 5.41) is 5.45. The molecule has 0 spiro atoms. The molecule has 0 N–H and O–H groups in total. The summed E-state index contributed by atoms with van der Waals surface area (Å²) in [4.78, 5) is 4.60. The Balaban J connectivity index is 0.000000774. The fraction of sp³-hybridized carbons (Fsp3) is 0.250. The molecule has 1 aliphatic heterocycles. The topological polar surface area (TPSA) is 30.2 Å². The molecule has 2 heterocycles. The minimum atomic E-state index is 0.538. The third kappa shape index (κ3) is 3.20. The first kappa shape index (κ1) is 15.8. The summed E-state index contributed by atoms with van der Waals surface area (Å²) >= 11 is 12.4. The molecule has 0 radical (unpaired) electrons. The lowest BCUT2D eigenvalue weighted by molar-refractivity contribution is 0.842. The van der Waals surface area contributed by atoms with Crippen molar-refractivity contribution in [2.45, 2.75) is 27.3 Å². The Morgan fingerprint density at radius 2 is 1.90 bits per heavy atom. The molecule has 0 amide bonds. The fourth-order valence-electron chi connectivity index (χ4n) is 2.08. The van der Waals surface area contributed by atoms with Crippen molar-refractivity contribution in [1.82, 2.24) is 9.78 Å². The molecule has 0 saturated carbocycles. The predicted molar refractivity (Wildman–Crippen MR) is 90.1 cm³/mol. The van der Waals surface area contributed by atoms with Crippen LogP contribution in [0.1, 0.15) is 30.7 Å². The first-order valence-corrected chi connectivity index (χ1v) is 7.63. The van der Waals surface area contributed by atoms with Crippen molar-refractivity contribution in [3.05, 3.63) is 58.4 Å². The molecule has 1 aromatic heterocycles. The van der Waals surface area contributed by atoms with Crippen molar-refractivity contribution < 1.29 is 0 Å². The number of aromatic nitrogens is 2. The molecule has 1 aliphatic rings. The van der Waals surface area contributed by atoms with Crippen LogP contribution >= 0.6 is 23.2 Å². The molecule has 3 nitrogen and oxygen atoms in total. The molecule has 0 fully saturated rings. The molecule has 0 aliphatic carbocycles. The smallest absolute Gasteiger partial charge is 0.133 e. The average Bonchev–Trinajstić information content (AvgIpc) is 2.91. The SMILES string of the molecule is CC.Cc1c(Cl)cccc1C1=NCc2ccnn2C(Cl)=C1. The highest BCUT2D eigenvalue weighted by atomic mass is 35.5. The van der Waals surface area contributed by atoms with E-state index in [9.17, 15) is 0 Å². The number of allylic oxidation sites excluding steroid dienone is 1. The van der Waals surface area contributed by atoms with E-state index in [-0.39, 0.29) is 0 Å². The summed E-state index contributed by atoms with van der Waals surface area (Å²) in [5.74, 6) is 0. The van der Waals surface area contributed by atoms with Gasteiger partial charge in [0.1, 0.15) is 5.16 Å². The van der Waals surface area contributed by atoms with Crippen molar-refractivity contribution in [2.24, 2.45) is 4.99 Å². The highest BCUT2D eigenvalue weighted by molar-refractivity contribution is 6.47. The number of hydrogen-bond donors (Lipinski definition) is 0. The maximum atomic E-state index is 6.28. The largest absolute Gasteiger partial charge is 0.278 e. The highest BCUT2D eigenvalue weighted by Gasteiger charge is 2.14. The second-order valence-corrected chi connectivity index (χ2v) is 5.11. The Labute approximate surface area is 134 Å². The van der Waals surface area contributed by atoms with Gasteiger partial charge in [-0.1, -0.05) is 49.2 Å². The molecule has 1 aromatic carbocycles. The number of halogens is 2. The summed E-state index contributed by atoms with van der Waals surface area (Å²) < 4.78 is 1.69. The van der Waals surface area contributed by atoms with Gasteiger partial charge in [-0.05, 0) is 24.6 Å². The first-order chi connectivity index (χ1) is 10.2. The van der Waals surface area contributed by atoms with Gasteiger partial charge in [-0.3, -0.25) is 4.99 Å². The predicted octanol–water partition coefficient (Wildman–Crippen LogP) is 4.91. The van der Waals surface area contributed by atoms with Gasteiger partial charge in [0.2, 0.25) is 0 Å². The van der Waals surface area contributed by atoms with E-state index in [1.807, 2.05) is 51.1 Å². The fourth-order valence-corrected chi connectivity index (χ4v) is 2.51. The van der Waals surface area contributed by atoms with E-state index >= 15 is 0 Å². The van der Waals surface area contributed by atoms with Gasteiger partial charge in [-0.2, -0.15) is 5.10 Å². The van der Waals surface area contributed by atoms with E-state index in [4.69, 9.17) is 23.2 Å². The number of benzene rings is 1. The van der Waals surface area contributed by atoms with Gasteiger partial charge in [0, 0.05) is 22.9 Å². The number of rotatable bonds is 1. The van der Waals surface area contributed by atoms with E-state index in [0.717, 1.165) is 27.6 Å². The standard InChI is InChI=1S/C14H11Cl2N3.C2H6/c1-9-11(3-2-4-12(9)15)13-7-14(16)19-10(8-17-13)5-6-18-19;1-2/h2-7H,8H2,1H3;1-2H3. The first-order valence-electron chi connectivity index (χ1n) is 6.87. The Kier molecular flexibility index (Phi) is 5.21. The minimum Gasteiger partial charge on any atom is -0.278 e. The molecule has 0 unspecified atom stereocenters. The van der Waals surface area contributed by atoms with Crippen molar-refractivity contribution in [2.75, 3.05) is 0 Å². The molecule has 110 valence electrons. The summed E-state index contributed by atoms with van der Waals surface area (Å²) in [6.45, 7) is 6.53. The molecule has 21 heavy (non-hydrogen) atoms. The molecule has 0 atom stereocenters. The number of fused-ring (bicyclic) bond motifs is 1. The lowest BCUT2D eigenvalue weighted by Gasteiger charge is -2.07. The van der Waals surface area contributed by atoms with E-state index in [1.54, 1.807) is 10.9 Å². The van der Waals surface area contributed by atoms with Crippen molar-refractivity contribution in [3.8, 4) is 0 Å². The zero-order chi connectivity index (χ0) is 15.4. The average molecular weight is 322 g/mol. The monoisotopic (exact) mass is 321 g/mol. The quantitative estimate of drug-likeness (QED) is 0.733. The van der Waals surface area contributed by atoms with Crippen LogP contribution in [-0.2, 0) is 6.54 Å². The van der Waals surface area contributed by atoms with Crippen LogP contribution in [0.5, 0.6) is 0 Å². The maximum Gasteiger partial charge on any atom is 0.133 e. The summed E-state index contributed by atoms with van der Waals surface area (Å²) in [7, 11) is 0. The minimum absolute atomic E-state index is 0.538. The molecular formula is C16H17Cl2N3. The number of nitrogens with zero attached hydrogens (tertiary/aromatic N) is 3. The van der Waals surface area contributed by atoms with Gasteiger partial charge in [-0.25, -0.2) is 4.68 Å².